The molecule has 0 heterocycles. The number of aliphatic hydroxyl groups is 1. The number of ether oxygens (including phenoxy) is 1. The number of benzene rings is 3. The molecule has 0 saturated heterocycles. The van der Waals surface area contributed by atoms with Gasteiger partial charge in [0, 0.05) is 16.3 Å². The average molecular weight is 424 g/mol. The van der Waals surface area contributed by atoms with E-state index in [0.717, 1.165) is 0 Å². The topological polar surface area (TPSA) is 58.6 Å². The van der Waals surface area contributed by atoms with Crippen molar-refractivity contribution in [3.05, 3.63) is 94.5 Å². The van der Waals surface area contributed by atoms with E-state index in [1.165, 1.54) is 5.56 Å². The van der Waals surface area contributed by atoms with E-state index in [2.05, 4.69) is 26.1 Å². The Bertz CT molecular complexity index is 995. The summed E-state index contributed by atoms with van der Waals surface area (Å²) < 4.78 is 5.62. The molecule has 0 spiro atoms. The predicted molar refractivity (Wildman–Crippen MR) is 121 cm³/mol. The second kappa shape index (κ2) is 9.33. The van der Waals surface area contributed by atoms with Crippen molar-refractivity contribution >= 4 is 23.2 Å². The van der Waals surface area contributed by atoms with Crippen LogP contribution in [-0.2, 0) is 10.2 Å². The Morgan fingerprint density at radius 1 is 1.03 bits per heavy atom. The van der Waals surface area contributed by atoms with E-state index >= 15 is 0 Å². The molecule has 0 aliphatic rings. The number of aliphatic hydroxyl groups excluding tert-OH is 1. The summed E-state index contributed by atoms with van der Waals surface area (Å²) >= 11 is 6.12. The largest absolute Gasteiger partial charge is 0.484 e. The minimum Gasteiger partial charge on any atom is -0.484 e. The lowest BCUT2D eigenvalue weighted by molar-refractivity contribution is -0.118. The van der Waals surface area contributed by atoms with Crippen molar-refractivity contribution in [2.75, 3.05) is 11.9 Å². The zero-order valence-corrected chi connectivity index (χ0v) is 18.1. The van der Waals surface area contributed by atoms with Gasteiger partial charge in [-0.15, -0.1) is 0 Å². The molecule has 3 aromatic carbocycles. The fourth-order valence-electron chi connectivity index (χ4n) is 3.07. The summed E-state index contributed by atoms with van der Waals surface area (Å²) in [6.45, 7) is 6.29. The van der Waals surface area contributed by atoms with Crippen molar-refractivity contribution in [3.8, 4) is 5.75 Å². The Morgan fingerprint density at radius 3 is 2.33 bits per heavy atom. The van der Waals surface area contributed by atoms with Crippen LogP contribution in [0.15, 0.2) is 72.8 Å². The fourth-order valence-corrected chi connectivity index (χ4v) is 3.26. The molecule has 3 rings (SSSR count). The van der Waals surface area contributed by atoms with E-state index in [9.17, 15) is 9.90 Å². The molecular weight excluding hydrogens is 398 g/mol. The summed E-state index contributed by atoms with van der Waals surface area (Å²) in [5.74, 6) is 0.303. The van der Waals surface area contributed by atoms with Crippen molar-refractivity contribution in [2.45, 2.75) is 32.3 Å². The minimum atomic E-state index is -0.911. The smallest absolute Gasteiger partial charge is 0.262 e. The van der Waals surface area contributed by atoms with Crippen LogP contribution in [-0.4, -0.2) is 17.6 Å². The molecule has 1 amide bonds. The number of carbonyl (C=O) groups is 1. The summed E-state index contributed by atoms with van der Waals surface area (Å²) in [4.78, 5) is 12.5. The summed E-state index contributed by atoms with van der Waals surface area (Å²) in [7, 11) is 0. The lowest BCUT2D eigenvalue weighted by Gasteiger charge is -2.19. The van der Waals surface area contributed by atoms with Crippen LogP contribution in [0, 0.1) is 0 Å². The van der Waals surface area contributed by atoms with Gasteiger partial charge in [0.25, 0.3) is 5.91 Å². The molecule has 2 N–H and O–H groups in total. The van der Waals surface area contributed by atoms with Crippen LogP contribution in [0.5, 0.6) is 5.75 Å². The summed E-state index contributed by atoms with van der Waals surface area (Å²) in [6.07, 6.45) is -0.911. The van der Waals surface area contributed by atoms with Crippen LogP contribution in [0.1, 0.15) is 43.6 Å². The number of nitrogens with one attached hydrogen (secondary N) is 1. The van der Waals surface area contributed by atoms with Gasteiger partial charge in [0.15, 0.2) is 6.61 Å². The van der Waals surface area contributed by atoms with E-state index < -0.39 is 6.10 Å². The van der Waals surface area contributed by atoms with Crippen molar-refractivity contribution < 1.29 is 14.6 Å². The highest BCUT2D eigenvalue weighted by Gasteiger charge is 2.17. The Kier molecular flexibility index (Phi) is 6.80. The second-order valence-electron chi connectivity index (χ2n) is 8.16. The number of anilines is 1. The highest BCUT2D eigenvalue weighted by Crippen LogP contribution is 2.31. The number of hydrogen-bond acceptors (Lipinski definition) is 3. The van der Waals surface area contributed by atoms with E-state index in [1.54, 1.807) is 18.2 Å². The van der Waals surface area contributed by atoms with Gasteiger partial charge >= 0.3 is 0 Å². The number of hydrogen-bond donors (Lipinski definition) is 2. The van der Waals surface area contributed by atoms with Crippen LogP contribution in [0.2, 0.25) is 5.02 Å². The summed E-state index contributed by atoms with van der Waals surface area (Å²) in [5, 5.41) is 14.1. The molecule has 0 fully saturated rings. The van der Waals surface area contributed by atoms with Crippen LogP contribution in [0.25, 0.3) is 0 Å². The van der Waals surface area contributed by atoms with Crippen LogP contribution in [0.4, 0.5) is 5.69 Å². The van der Waals surface area contributed by atoms with Crippen molar-refractivity contribution in [2.24, 2.45) is 0 Å². The maximum absolute atomic E-state index is 12.5. The predicted octanol–water partition coefficient (Wildman–Crippen LogP) is 5.74. The number of halogens is 1. The van der Waals surface area contributed by atoms with Crippen molar-refractivity contribution in [3.63, 3.8) is 0 Å². The standard InChI is InChI=1S/C25H26ClNO3/c1-25(2,3)18-9-12-20(13-10-18)30-16-23(28)27-22-14-11-19(26)15-21(22)24(29)17-7-5-4-6-8-17/h4-15,24,29H,16H2,1-3H3,(H,27,28)/t24-/m0/s1. The van der Waals surface area contributed by atoms with Crippen LogP contribution in [0.3, 0.4) is 0 Å². The maximum atomic E-state index is 12.5. The molecule has 0 bridgehead atoms. The highest BCUT2D eigenvalue weighted by molar-refractivity contribution is 6.30. The molecule has 0 aromatic heterocycles. The highest BCUT2D eigenvalue weighted by atomic mass is 35.5. The molecule has 156 valence electrons. The zero-order valence-electron chi connectivity index (χ0n) is 17.4. The third kappa shape index (κ3) is 5.62. The SMILES string of the molecule is CC(C)(C)c1ccc(OCC(=O)Nc2ccc(Cl)cc2[C@@H](O)c2ccccc2)cc1. The van der Waals surface area contributed by atoms with Gasteiger partial charge in [-0.1, -0.05) is 74.8 Å². The van der Waals surface area contributed by atoms with Gasteiger partial charge in [-0.05, 0) is 46.9 Å². The fraction of sp³-hybridized carbons (Fsp3) is 0.240. The molecule has 0 aliphatic carbocycles. The Morgan fingerprint density at radius 2 is 1.70 bits per heavy atom. The third-order valence-electron chi connectivity index (χ3n) is 4.79. The van der Waals surface area contributed by atoms with Crippen molar-refractivity contribution in [1.29, 1.82) is 0 Å². The van der Waals surface area contributed by atoms with Gasteiger partial charge in [0.05, 0.1) is 0 Å². The molecular formula is C25H26ClNO3. The molecule has 0 aliphatic heterocycles. The summed E-state index contributed by atoms with van der Waals surface area (Å²) in [5.41, 5.74) is 2.98. The second-order valence-corrected chi connectivity index (χ2v) is 8.59. The number of rotatable bonds is 6. The molecule has 30 heavy (non-hydrogen) atoms. The van der Waals surface area contributed by atoms with E-state index in [1.807, 2.05) is 54.6 Å². The van der Waals surface area contributed by atoms with Gasteiger partial charge < -0.3 is 15.2 Å². The van der Waals surface area contributed by atoms with E-state index in [4.69, 9.17) is 16.3 Å². The Hall–Kier alpha value is -2.82. The quantitative estimate of drug-likeness (QED) is 0.531. The third-order valence-corrected chi connectivity index (χ3v) is 5.02. The maximum Gasteiger partial charge on any atom is 0.262 e. The minimum absolute atomic E-state index is 0.0560. The first-order valence-corrected chi connectivity index (χ1v) is 10.2. The molecule has 1 atom stereocenters. The molecule has 4 nitrogen and oxygen atoms in total. The lowest BCUT2D eigenvalue weighted by Crippen LogP contribution is -2.21. The summed E-state index contributed by atoms with van der Waals surface area (Å²) in [6, 6.07) is 21.9. The van der Waals surface area contributed by atoms with Gasteiger partial charge in [0.2, 0.25) is 0 Å². The normalized spacial score (nSPS) is 12.3. The molecule has 0 saturated carbocycles. The molecule has 5 heteroatoms. The lowest BCUT2D eigenvalue weighted by atomic mass is 9.87. The first-order chi connectivity index (χ1) is 14.2. The zero-order chi connectivity index (χ0) is 21.7. The van der Waals surface area contributed by atoms with Gasteiger partial charge in [-0.3, -0.25) is 4.79 Å². The first kappa shape index (κ1) is 21.9. The number of carbonyl (C=O) groups excluding carboxylic acids is 1. The van der Waals surface area contributed by atoms with Crippen LogP contribution < -0.4 is 10.1 Å². The van der Waals surface area contributed by atoms with Crippen LogP contribution >= 0.6 is 11.6 Å². The molecule has 3 aromatic rings. The molecule has 0 unspecified atom stereocenters. The van der Waals surface area contributed by atoms with Gasteiger partial charge in [-0.25, -0.2) is 0 Å². The van der Waals surface area contributed by atoms with Gasteiger partial charge in [0.1, 0.15) is 11.9 Å². The first-order valence-electron chi connectivity index (χ1n) is 9.80. The van der Waals surface area contributed by atoms with Crippen molar-refractivity contribution in [1.82, 2.24) is 0 Å². The average Bonchev–Trinajstić information content (AvgIpc) is 2.73. The molecule has 0 radical (unpaired) electrons. The van der Waals surface area contributed by atoms with E-state index in [-0.39, 0.29) is 17.9 Å². The monoisotopic (exact) mass is 423 g/mol. The number of amides is 1. The Balaban J connectivity index is 1.68. The van der Waals surface area contributed by atoms with E-state index in [0.29, 0.717) is 27.6 Å². The van der Waals surface area contributed by atoms with Gasteiger partial charge in [-0.2, -0.15) is 0 Å². The Labute approximate surface area is 182 Å².